The van der Waals surface area contributed by atoms with Crippen molar-refractivity contribution < 1.29 is 19.1 Å². The van der Waals surface area contributed by atoms with Crippen LogP contribution in [-0.4, -0.2) is 49.4 Å². The molecule has 0 aromatic heterocycles. The maximum atomic E-state index is 12.3. The molecule has 24 heavy (non-hydrogen) atoms. The van der Waals surface area contributed by atoms with Gasteiger partial charge in [0.15, 0.2) is 17.3 Å². The zero-order chi connectivity index (χ0) is 17.2. The summed E-state index contributed by atoms with van der Waals surface area (Å²) in [4.78, 5) is 26.5. The van der Waals surface area contributed by atoms with Crippen LogP contribution in [-0.2, 0) is 4.79 Å². The zero-order valence-corrected chi connectivity index (χ0v) is 14.0. The molecule has 6 nitrogen and oxygen atoms in total. The summed E-state index contributed by atoms with van der Waals surface area (Å²) in [5.74, 6) is 1.22. The van der Waals surface area contributed by atoms with Gasteiger partial charge in [-0.1, -0.05) is 6.92 Å². The summed E-state index contributed by atoms with van der Waals surface area (Å²) < 4.78 is 10.9. The number of nitrogens with two attached hydrogens (primary N) is 1. The Balaban J connectivity index is 1.55. The van der Waals surface area contributed by atoms with Crippen LogP contribution in [0, 0.1) is 5.41 Å². The molecule has 2 N–H and O–H groups in total. The van der Waals surface area contributed by atoms with E-state index in [1.165, 1.54) is 0 Å². The van der Waals surface area contributed by atoms with Gasteiger partial charge in [0.25, 0.3) is 0 Å². The Labute approximate surface area is 141 Å². The fourth-order valence-electron chi connectivity index (χ4n) is 3.14. The van der Waals surface area contributed by atoms with E-state index in [1.54, 1.807) is 18.2 Å². The van der Waals surface area contributed by atoms with Gasteiger partial charge in [0.2, 0.25) is 5.91 Å². The van der Waals surface area contributed by atoms with Crippen molar-refractivity contribution in [3.63, 3.8) is 0 Å². The lowest BCUT2D eigenvalue weighted by atomic mass is 9.90. The number of amides is 1. The average molecular weight is 332 g/mol. The fourth-order valence-corrected chi connectivity index (χ4v) is 3.14. The topological polar surface area (TPSA) is 81.9 Å². The average Bonchev–Trinajstić information content (AvgIpc) is 3.02. The summed E-state index contributed by atoms with van der Waals surface area (Å²) in [6.07, 6.45) is 1.35. The molecule has 3 rings (SSSR count). The van der Waals surface area contributed by atoms with Crippen molar-refractivity contribution in [3.05, 3.63) is 23.8 Å². The molecule has 0 aliphatic carbocycles. The van der Waals surface area contributed by atoms with Crippen LogP contribution in [0.15, 0.2) is 18.2 Å². The number of carbonyl (C=O) groups excluding carboxylic acids is 2. The maximum absolute atomic E-state index is 12.3. The highest BCUT2D eigenvalue weighted by Gasteiger charge is 2.34. The van der Waals surface area contributed by atoms with E-state index in [2.05, 4.69) is 6.92 Å². The van der Waals surface area contributed by atoms with Gasteiger partial charge >= 0.3 is 0 Å². The van der Waals surface area contributed by atoms with E-state index >= 15 is 0 Å². The van der Waals surface area contributed by atoms with Gasteiger partial charge in [-0.05, 0) is 36.6 Å². The highest BCUT2D eigenvalue weighted by molar-refractivity contribution is 5.98. The molecule has 1 aromatic rings. The van der Waals surface area contributed by atoms with E-state index in [1.807, 2.05) is 4.90 Å². The number of ketones is 1. The third kappa shape index (κ3) is 3.53. The second-order valence-corrected chi connectivity index (χ2v) is 6.86. The van der Waals surface area contributed by atoms with Gasteiger partial charge in [-0.25, -0.2) is 0 Å². The zero-order valence-electron chi connectivity index (χ0n) is 14.0. The van der Waals surface area contributed by atoms with Crippen LogP contribution in [0.4, 0.5) is 0 Å². The van der Waals surface area contributed by atoms with Crippen molar-refractivity contribution in [2.24, 2.45) is 11.1 Å². The predicted octanol–water partition coefficient (Wildman–Crippen LogP) is 1.62. The highest BCUT2D eigenvalue weighted by atomic mass is 16.6. The largest absolute Gasteiger partial charge is 0.486 e. The summed E-state index contributed by atoms with van der Waals surface area (Å²) in [7, 11) is 0. The molecule has 2 aliphatic rings. The number of hydrogen-bond acceptors (Lipinski definition) is 5. The van der Waals surface area contributed by atoms with Crippen LogP contribution >= 0.6 is 0 Å². The molecule has 130 valence electrons. The molecule has 2 aliphatic heterocycles. The predicted molar refractivity (Wildman–Crippen MR) is 89.4 cm³/mol. The van der Waals surface area contributed by atoms with E-state index in [9.17, 15) is 9.59 Å². The second-order valence-electron chi connectivity index (χ2n) is 6.86. The fraction of sp³-hybridized carbons (Fsp3) is 0.556. The standard InChI is InChI=1S/C18H24N2O4/c1-18(11-19)6-7-20(12-18)17(22)5-3-14(21)13-2-4-15-16(10-13)24-9-8-23-15/h2,4,10H,3,5-9,11-12,19H2,1H3. The summed E-state index contributed by atoms with van der Waals surface area (Å²) in [5, 5.41) is 0. The lowest BCUT2D eigenvalue weighted by Crippen LogP contribution is -2.34. The first-order chi connectivity index (χ1) is 11.5. The van der Waals surface area contributed by atoms with E-state index in [4.69, 9.17) is 15.2 Å². The van der Waals surface area contributed by atoms with Gasteiger partial charge in [-0.2, -0.15) is 0 Å². The van der Waals surface area contributed by atoms with Gasteiger partial charge < -0.3 is 20.1 Å². The Kier molecular flexibility index (Phi) is 4.76. The molecule has 1 aromatic carbocycles. The van der Waals surface area contributed by atoms with Crippen LogP contribution in [0.25, 0.3) is 0 Å². The molecular formula is C18H24N2O4. The van der Waals surface area contributed by atoms with Crippen LogP contribution in [0.2, 0.25) is 0 Å². The molecule has 1 saturated heterocycles. The number of ether oxygens (including phenoxy) is 2. The molecule has 0 bridgehead atoms. The van der Waals surface area contributed by atoms with Crippen LogP contribution in [0.3, 0.4) is 0 Å². The normalized spacial score (nSPS) is 22.5. The SMILES string of the molecule is CC1(CN)CCN(C(=O)CCC(=O)c2ccc3c(c2)OCCO3)C1. The molecule has 1 atom stereocenters. The Morgan fingerprint density at radius 2 is 1.96 bits per heavy atom. The molecule has 0 spiro atoms. The number of likely N-dealkylation sites (tertiary alicyclic amines) is 1. The van der Waals surface area contributed by atoms with Gasteiger partial charge in [0.1, 0.15) is 13.2 Å². The van der Waals surface area contributed by atoms with Crippen molar-refractivity contribution in [2.45, 2.75) is 26.2 Å². The first-order valence-corrected chi connectivity index (χ1v) is 8.41. The first kappa shape index (κ1) is 16.8. The number of rotatable bonds is 5. The summed E-state index contributed by atoms with van der Waals surface area (Å²) in [5.41, 5.74) is 6.34. The van der Waals surface area contributed by atoms with Crippen molar-refractivity contribution in [1.82, 2.24) is 4.90 Å². The second kappa shape index (κ2) is 6.81. The van der Waals surface area contributed by atoms with Crippen molar-refractivity contribution in [1.29, 1.82) is 0 Å². The monoisotopic (exact) mass is 332 g/mol. The third-order valence-electron chi connectivity index (χ3n) is 4.83. The van der Waals surface area contributed by atoms with Crippen LogP contribution < -0.4 is 15.2 Å². The smallest absolute Gasteiger partial charge is 0.223 e. The van der Waals surface area contributed by atoms with Crippen molar-refractivity contribution >= 4 is 11.7 Å². The number of nitrogens with zero attached hydrogens (tertiary/aromatic N) is 1. The lowest BCUT2D eigenvalue weighted by Gasteiger charge is -2.22. The van der Waals surface area contributed by atoms with Gasteiger partial charge in [0.05, 0.1) is 0 Å². The number of carbonyl (C=O) groups is 2. The quantitative estimate of drug-likeness (QED) is 0.829. The molecule has 6 heteroatoms. The minimum Gasteiger partial charge on any atom is -0.486 e. The maximum Gasteiger partial charge on any atom is 0.223 e. The number of Topliss-reactive ketones (excluding diaryl/α,β-unsaturated/α-hetero) is 1. The molecule has 0 radical (unpaired) electrons. The number of hydrogen-bond donors (Lipinski definition) is 1. The molecule has 2 heterocycles. The van der Waals surface area contributed by atoms with E-state index in [0.29, 0.717) is 43.4 Å². The molecule has 1 unspecified atom stereocenters. The Hall–Kier alpha value is -2.08. The minimum absolute atomic E-state index is 0.00943. The van der Waals surface area contributed by atoms with Crippen molar-refractivity contribution in [2.75, 3.05) is 32.8 Å². The van der Waals surface area contributed by atoms with E-state index < -0.39 is 0 Å². The third-order valence-corrected chi connectivity index (χ3v) is 4.83. The van der Waals surface area contributed by atoms with Gasteiger partial charge in [0, 0.05) is 31.5 Å². The minimum atomic E-state index is -0.0545. The highest BCUT2D eigenvalue weighted by Crippen LogP contribution is 2.31. The van der Waals surface area contributed by atoms with Gasteiger partial charge in [-0.15, -0.1) is 0 Å². The van der Waals surface area contributed by atoms with Crippen LogP contribution in [0.1, 0.15) is 36.5 Å². The number of fused-ring (bicyclic) bond motifs is 1. The Morgan fingerprint density at radius 1 is 1.21 bits per heavy atom. The number of benzene rings is 1. The first-order valence-electron chi connectivity index (χ1n) is 8.41. The lowest BCUT2D eigenvalue weighted by molar-refractivity contribution is -0.130. The Bertz CT molecular complexity index is 646. The summed E-state index contributed by atoms with van der Waals surface area (Å²) in [6, 6.07) is 5.17. The Morgan fingerprint density at radius 3 is 2.67 bits per heavy atom. The molecular weight excluding hydrogens is 308 g/mol. The van der Waals surface area contributed by atoms with Crippen molar-refractivity contribution in [3.8, 4) is 11.5 Å². The van der Waals surface area contributed by atoms with Gasteiger partial charge in [-0.3, -0.25) is 9.59 Å². The summed E-state index contributed by atoms with van der Waals surface area (Å²) in [6.45, 7) is 5.09. The molecule has 1 fully saturated rings. The van der Waals surface area contributed by atoms with Crippen LogP contribution in [0.5, 0.6) is 11.5 Å². The molecule has 0 saturated carbocycles. The van der Waals surface area contributed by atoms with E-state index in [-0.39, 0.29) is 29.9 Å². The summed E-state index contributed by atoms with van der Waals surface area (Å²) >= 11 is 0. The van der Waals surface area contributed by atoms with E-state index in [0.717, 1.165) is 13.0 Å². The molecule has 1 amide bonds.